The second kappa shape index (κ2) is 6.36. The topological polar surface area (TPSA) is 81.5 Å². The van der Waals surface area contributed by atoms with Gasteiger partial charge in [0.25, 0.3) is 5.91 Å². The molecule has 0 radical (unpaired) electrons. The van der Waals surface area contributed by atoms with Crippen LogP contribution in [0.1, 0.15) is 32.8 Å². The summed E-state index contributed by atoms with van der Waals surface area (Å²) in [5, 5.41) is 13.7. The molecule has 0 aliphatic rings. The Labute approximate surface area is 118 Å². The summed E-state index contributed by atoms with van der Waals surface area (Å²) in [6, 6.07) is 4.56. The zero-order valence-electron chi connectivity index (χ0n) is 12.2. The SMILES string of the molecule is CCC(C)(C)NC(=O)COc1cc(C)ccc1[N+](=O)[O-]. The monoisotopic (exact) mass is 280 g/mol. The fourth-order valence-electron chi connectivity index (χ4n) is 1.53. The van der Waals surface area contributed by atoms with Crippen molar-refractivity contribution in [1.29, 1.82) is 0 Å². The van der Waals surface area contributed by atoms with Gasteiger partial charge in [-0.15, -0.1) is 0 Å². The maximum Gasteiger partial charge on any atom is 0.310 e. The Balaban J connectivity index is 2.73. The molecule has 0 aromatic heterocycles. The molecule has 6 heteroatoms. The second-order valence-corrected chi connectivity index (χ2v) is 5.30. The molecule has 0 fully saturated rings. The first kappa shape index (κ1) is 15.9. The van der Waals surface area contributed by atoms with Gasteiger partial charge >= 0.3 is 5.69 Å². The third-order valence-corrected chi connectivity index (χ3v) is 3.03. The molecule has 1 N–H and O–H groups in total. The van der Waals surface area contributed by atoms with Crippen LogP contribution in [0.3, 0.4) is 0 Å². The van der Waals surface area contributed by atoms with Crippen LogP contribution in [0.15, 0.2) is 18.2 Å². The van der Waals surface area contributed by atoms with Gasteiger partial charge in [-0.3, -0.25) is 14.9 Å². The Hall–Kier alpha value is -2.11. The number of amides is 1. The van der Waals surface area contributed by atoms with Crippen molar-refractivity contribution in [2.45, 2.75) is 39.7 Å². The van der Waals surface area contributed by atoms with Crippen LogP contribution in [0.25, 0.3) is 0 Å². The van der Waals surface area contributed by atoms with Gasteiger partial charge in [0.2, 0.25) is 0 Å². The number of nitro groups is 1. The fraction of sp³-hybridized carbons (Fsp3) is 0.500. The number of nitrogens with zero attached hydrogens (tertiary/aromatic N) is 1. The van der Waals surface area contributed by atoms with Gasteiger partial charge in [-0.25, -0.2) is 0 Å². The molecule has 20 heavy (non-hydrogen) atoms. The van der Waals surface area contributed by atoms with Crippen LogP contribution in [0.4, 0.5) is 5.69 Å². The summed E-state index contributed by atoms with van der Waals surface area (Å²) >= 11 is 0. The van der Waals surface area contributed by atoms with E-state index in [0.29, 0.717) is 0 Å². The molecular formula is C14H20N2O4. The van der Waals surface area contributed by atoms with Gasteiger partial charge in [0.1, 0.15) is 0 Å². The normalized spacial score (nSPS) is 11.0. The van der Waals surface area contributed by atoms with Crippen LogP contribution in [-0.4, -0.2) is 23.0 Å². The van der Waals surface area contributed by atoms with Crippen LogP contribution in [0.2, 0.25) is 0 Å². The lowest BCUT2D eigenvalue weighted by Gasteiger charge is -2.24. The number of benzene rings is 1. The third kappa shape index (κ3) is 4.53. The van der Waals surface area contributed by atoms with Crippen LogP contribution < -0.4 is 10.1 Å². The summed E-state index contributed by atoms with van der Waals surface area (Å²) in [7, 11) is 0. The molecule has 110 valence electrons. The number of hydrogen-bond acceptors (Lipinski definition) is 4. The number of carbonyl (C=O) groups excluding carboxylic acids is 1. The summed E-state index contributed by atoms with van der Waals surface area (Å²) < 4.78 is 5.28. The van der Waals surface area contributed by atoms with E-state index < -0.39 is 4.92 Å². The van der Waals surface area contributed by atoms with E-state index in [1.165, 1.54) is 6.07 Å². The molecule has 1 aromatic carbocycles. The summed E-state index contributed by atoms with van der Waals surface area (Å²) in [5.41, 5.74) is 0.372. The number of nitro benzene ring substituents is 1. The molecule has 0 unspecified atom stereocenters. The van der Waals surface area contributed by atoms with E-state index in [2.05, 4.69) is 5.32 Å². The molecule has 0 aliphatic heterocycles. The molecular weight excluding hydrogens is 260 g/mol. The lowest BCUT2D eigenvalue weighted by atomic mass is 10.0. The Morgan fingerprint density at radius 3 is 2.65 bits per heavy atom. The lowest BCUT2D eigenvalue weighted by molar-refractivity contribution is -0.385. The standard InChI is InChI=1S/C14H20N2O4/c1-5-14(3,4)15-13(17)9-20-12-8-10(2)6-7-11(12)16(18)19/h6-8H,5,9H2,1-4H3,(H,15,17). The van der Waals surface area contributed by atoms with Gasteiger partial charge in [-0.2, -0.15) is 0 Å². The summed E-state index contributed by atoms with van der Waals surface area (Å²) in [4.78, 5) is 22.1. The third-order valence-electron chi connectivity index (χ3n) is 3.03. The molecule has 1 amide bonds. The van der Waals surface area contributed by atoms with Crippen molar-refractivity contribution >= 4 is 11.6 Å². The molecule has 6 nitrogen and oxygen atoms in total. The average Bonchev–Trinajstić information content (AvgIpc) is 2.35. The highest BCUT2D eigenvalue weighted by atomic mass is 16.6. The maximum atomic E-state index is 11.8. The lowest BCUT2D eigenvalue weighted by Crippen LogP contribution is -2.44. The highest BCUT2D eigenvalue weighted by Gasteiger charge is 2.20. The van der Waals surface area contributed by atoms with Crippen molar-refractivity contribution in [3.63, 3.8) is 0 Å². The van der Waals surface area contributed by atoms with Crippen molar-refractivity contribution < 1.29 is 14.5 Å². The molecule has 0 saturated heterocycles. The van der Waals surface area contributed by atoms with E-state index in [1.807, 2.05) is 20.8 Å². The molecule has 1 aromatic rings. The van der Waals surface area contributed by atoms with Gasteiger partial charge in [-0.1, -0.05) is 13.0 Å². The number of nitrogens with one attached hydrogen (secondary N) is 1. The van der Waals surface area contributed by atoms with Crippen molar-refractivity contribution in [2.75, 3.05) is 6.61 Å². The minimum atomic E-state index is -0.525. The minimum absolute atomic E-state index is 0.111. The quantitative estimate of drug-likeness (QED) is 0.641. The summed E-state index contributed by atoms with van der Waals surface area (Å²) in [5.74, 6) is -0.188. The van der Waals surface area contributed by atoms with Gasteiger partial charge < -0.3 is 10.1 Å². The Morgan fingerprint density at radius 2 is 2.10 bits per heavy atom. The number of ether oxygens (including phenoxy) is 1. The first-order valence-electron chi connectivity index (χ1n) is 6.44. The first-order chi connectivity index (χ1) is 9.25. The fourth-order valence-corrected chi connectivity index (χ4v) is 1.53. The molecule has 0 bridgehead atoms. The zero-order valence-corrected chi connectivity index (χ0v) is 12.2. The number of hydrogen-bond donors (Lipinski definition) is 1. The van der Waals surface area contributed by atoms with E-state index in [-0.39, 0.29) is 29.5 Å². The van der Waals surface area contributed by atoms with Crippen molar-refractivity contribution in [2.24, 2.45) is 0 Å². The average molecular weight is 280 g/mol. The zero-order chi connectivity index (χ0) is 15.3. The van der Waals surface area contributed by atoms with Gasteiger partial charge in [0.05, 0.1) is 4.92 Å². The maximum absolute atomic E-state index is 11.8. The van der Waals surface area contributed by atoms with E-state index >= 15 is 0 Å². The van der Waals surface area contributed by atoms with Crippen LogP contribution in [0, 0.1) is 17.0 Å². The molecule has 0 atom stereocenters. The molecule has 0 saturated carbocycles. The van der Waals surface area contributed by atoms with Crippen molar-refractivity contribution in [3.8, 4) is 5.75 Å². The van der Waals surface area contributed by atoms with E-state index in [0.717, 1.165) is 12.0 Å². The highest BCUT2D eigenvalue weighted by molar-refractivity contribution is 5.78. The Morgan fingerprint density at radius 1 is 1.45 bits per heavy atom. The molecule has 1 rings (SSSR count). The van der Waals surface area contributed by atoms with Gasteiger partial charge in [-0.05, 0) is 38.8 Å². The molecule has 0 spiro atoms. The summed E-state index contributed by atoms with van der Waals surface area (Å²) in [6.45, 7) is 7.33. The number of aryl methyl sites for hydroxylation is 1. The number of carbonyl (C=O) groups is 1. The Bertz CT molecular complexity index is 512. The van der Waals surface area contributed by atoms with Crippen molar-refractivity contribution in [1.82, 2.24) is 5.32 Å². The first-order valence-corrected chi connectivity index (χ1v) is 6.44. The smallest absolute Gasteiger partial charge is 0.310 e. The van der Waals surface area contributed by atoms with E-state index in [4.69, 9.17) is 4.74 Å². The molecule has 0 heterocycles. The van der Waals surface area contributed by atoms with Crippen molar-refractivity contribution in [3.05, 3.63) is 33.9 Å². The predicted octanol–water partition coefficient (Wildman–Crippen LogP) is 2.59. The van der Waals surface area contributed by atoms with Gasteiger partial charge in [0, 0.05) is 11.6 Å². The highest BCUT2D eigenvalue weighted by Crippen LogP contribution is 2.27. The predicted molar refractivity (Wildman–Crippen MR) is 75.8 cm³/mol. The van der Waals surface area contributed by atoms with E-state index in [1.54, 1.807) is 19.1 Å². The van der Waals surface area contributed by atoms with Gasteiger partial charge in [0.15, 0.2) is 12.4 Å². The largest absolute Gasteiger partial charge is 0.477 e. The molecule has 0 aliphatic carbocycles. The van der Waals surface area contributed by atoms with Crippen LogP contribution in [-0.2, 0) is 4.79 Å². The van der Waals surface area contributed by atoms with Crippen LogP contribution >= 0.6 is 0 Å². The van der Waals surface area contributed by atoms with E-state index in [9.17, 15) is 14.9 Å². The minimum Gasteiger partial charge on any atom is -0.477 e. The second-order valence-electron chi connectivity index (χ2n) is 5.30. The van der Waals surface area contributed by atoms with Crippen LogP contribution in [0.5, 0.6) is 5.75 Å². The number of rotatable bonds is 6. The summed E-state index contributed by atoms with van der Waals surface area (Å²) in [6.07, 6.45) is 0.781. The Kier molecular flexibility index (Phi) is 5.07.